The summed E-state index contributed by atoms with van der Waals surface area (Å²) in [5.41, 5.74) is 2.28. The highest BCUT2D eigenvalue weighted by Crippen LogP contribution is 2.20. The standard InChI is InChI=1S/C22H20FN7O/c1-14-3-4-18(11-19(14)23)29-22(31)28-17-7-5-16(6-8-17)27-20-12-21(26-15(2)25-20)30-10-9-24-13-30/h3-13H,1-2H3,(H,25,26,27)(H2,28,29,31). The van der Waals surface area contributed by atoms with E-state index in [1.807, 2.05) is 31.3 Å². The Labute approximate surface area is 178 Å². The quantitative estimate of drug-likeness (QED) is 0.433. The highest BCUT2D eigenvalue weighted by atomic mass is 19.1. The molecule has 156 valence electrons. The summed E-state index contributed by atoms with van der Waals surface area (Å²) in [5.74, 6) is 1.59. The van der Waals surface area contributed by atoms with Gasteiger partial charge in [-0.1, -0.05) is 6.07 Å². The lowest BCUT2D eigenvalue weighted by atomic mass is 10.2. The van der Waals surface area contributed by atoms with Crippen molar-refractivity contribution in [2.45, 2.75) is 13.8 Å². The third-order valence-corrected chi connectivity index (χ3v) is 4.44. The minimum absolute atomic E-state index is 0.371. The number of imidazole rings is 1. The van der Waals surface area contributed by atoms with Crippen LogP contribution in [0.25, 0.3) is 5.82 Å². The fourth-order valence-corrected chi connectivity index (χ4v) is 2.89. The molecule has 0 atom stereocenters. The van der Waals surface area contributed by atoms with Crippen LogP contribution in [-0.2, 0) is 0 Å². The number of amides is 2. The summed E-state index contributed by atoms with van der Waals surface area (Å²) in [4.78, 5) is 25.0. The van der Waals surface area contributed by atoms with Crippen LogP contribution in [0, 0.1) is 19.7 Å². The monoisotopic (exact) mass is 417 g/mol. The van der Waals surface area contributed by atoms with Crippen molar-refractivity contribution in [3.63, 3.8) is 0 Å². The highest BCUT2D eigenvalue weighted by Gasteiger charge is 2.07. The van der Waals surface area contributed by atoms with E-state index in [0.717, 1.165) is 5.69 Å². The first-order chi connectivity index (χ1) is 15.0. The first-order valence-corrected chi connectivity index (χ1v) is 9.51. The van der Waals surface area contributed by atoms with Gasteiger partial charge in [0.05, 0.1) is 0 Å². The van der Waals surface area contributed by atoms with Gasteiger partial charge in [0.15, 0.2) is 0 Å². The van der Waals surface area contributed by atoms with Crippen molar-refractivity contribution >= 4 is 28.9 Å². The topological polar surface area (TPSA) is 96.8 Å². The number of hydrogen-bond donors (Lipinski definition) is 3. The second-order valence-electron chi connectivity index (χ2n) is 6.87. The average Bonchev–Trinajstić information content (AvgIpc) is 3.27. The number of carbonyl (C=O) groups excluding carboxylic acids is 1. The lowest BCUT2D eigenvalue weighted by molar-refractivity contribution is 0.262. The van der Waals surface area contributed by atoms with Gasteiger partial charge in [-0.15, -0.1) is 0 Å². The molecular weight excluding hydrogens is 397 g/mol. The number of nitrogens with one attached hydrogen (secondary N) is 3. The largest absolute Gasteiger partial charge is 0.340 e. The van der Waals surface area contributed by atoms with Crippen molar-refractivity contribution in [1.82, 2.24) is 19.5 Å². The molecule has 0 saturated heterocycles. The van der Waals surface area contributed by atoms with E-state index in [0.29, 0.717) is 34.4 Å². The van der Waals surface area contributed by atoms with Crippen molar-refractivity contribution < 1.29 is 9.18 Å². The van der Waals surface area contributed by atoms with Gasteiger partial charge in [0.25, 0.3) is 0 Å². The number of urea groups is 1. The zero-order valence-electron chi connectivity index (χ0n) is 16.9. The van der Waals surface area contributed by atoms with Gasteiger partial charge in [0.1, 0.15) is 29.6 Å². The second-order valence-corrected chi connectivity index (χ2v) is 6.87. The molecule has 9 heteroatoms. The summed E-state index contributed by atoms with van der Waals surface area (Å²) in [6.45, 7) is 3.48. The lowest BCUT2D eigenvalue weighted by Gasteiger charge is -2.11. The number of carbonyl (C=O) groups is 1. The Morgan fingerprint density at radius 3 is 2.35 bits per heavy atom. The smallest absolute Gasteiger partial charge is 0.323 e. The molecule has 0 bridgehead atoms. The Morgan fingerprint density at radius 1 is 0.935 bits per heavy atom. The van der Waals surface area contributed by atoms with Crippen molar-refractivity contribution in [1.29, 1.82) is 0 Å². The van der Waals surface area contributed by atoms with E-state index in [-0.39, 0.29) is 5.82 Å². The second kappa shape index (κ2) is 8.62. The molecule has 0 saturated carbocycles. The zero-order valence-corrected chi connectivity index (χ0v) is 16.9. The Hall–Kier alpha value is -4.27. The predicted octanol–water partition coefficient (Wildman–Crippen LogP) is 4.81. The summed E-state index contributed by atoms with van der Waals surface area (Å²) in [6, 6.07) is 13.0. The van der Waals surface area contributed by atoms with Crippen LogP contribution in [0.1, 0.15) is 11.4 Å². The van der Waals surface area contributed by atoms with Crippen LogP contribution in [-0.4, -0.2) is 25.6 Å². The Bertz CT molecular complexity index is 1210. The van der Waals surface area contributed by atoms with Crippen LogP contribution in [0.15, 0.2) is 67.3 Å². The maximum absolute atomic E-state index is 13.6. The summed E-state index contributed by atoms with van der Waals surface area (Å²) in [7, 11) is 0. The first-order valence-electron chi connectivity index (χ1n) is 9.51. The summed E-state index contributed by atoms with van der Waals surface area (Å²) >= 11 is 0. The molecular formula is C22H20FN7O. The van der Waals surface area contributed by atoms with E-state index in [1.165, 1.54) is 6.07 Å². The van der Waals surface area contributed by atoms with Gasteiger partial charge in [-0.3, -0.25) is 4.57 Å². The van der Waals surface area contributed by atoms with Gasteiger partial charge in [-0.2, -0.15) is 0 Å². The molecule has 0 fully saturated rings. The number of aryl methyl sites for hydroxylation is 2. The summed E-state index contributed by atoms with van der Waals surface area (Å²) < 4.78 is 15.4. The Kier molecular flexibility index (Phi) is 5.57. The molecule has 0 radical (unpaired) electrons. The first kappa shape index (κ1) is 20.0. The number of aromatic nitrogens is 4. The average molecular weight is 417 g/mol. The van der Waals surface area contributed by atoms with Gasteiger partial charge in [-0.25, -0.2) is 24.1 Å². The third kappa shape index (κ3) is 5.02. The van der Waals surface area contributed by atoms with Gasteiger partial charge in [0, 0.05) is 35.5 Å². The molecule has 3 N–H and O–H groups in total. The molecule has 8 nitrogen and oxygen atoms in total. The van der Waals surface area contributed by atoms with E-state index < -0.39 is 6.03 Å². The van der Waals surface area contributed by atoms with E-state index in [2.05, 4.69) is 30.9 Å². The van der Waals surface area contributed by atoms with Gasteiger partial charge >= 0.3 is 6.03 Å². The number of benzene rings is 2. The molecule has 2 aromatic heterocycles. The van der Waals surface area contributed by atoms with Gasteiger partial charge in [0.2, 0.25) is 0 Å². The number of halogens is 1. The van der Waals surface area contributed by atoms with E-state index in [4.69, 9.17) is 0 Å². The molecule has 0 aliphatic rings. The maximum atomic E-state index is 13.6. The van der Waals surface area contributed by atoms with Crippen LogP contribution < -0.4 is 16.0 Å². The van der Waals surface area contributed by atoms with E-state index in [9.17, 15) is 9.18 Å². The van der Waals surface area contributed by atoms with Crippen LogP contribution >= 0.6 is 0 Å². The highest BCUT2D eigenvalue weighted by molar-refractivity contribution is 5.99. The Morgan fingerprint density at radius 2 is 1.65 bits per heavy atom. The van der Waals surface area contributed by atoms with Crippen LogP contribution in [0.4, 0.5) is 32.1 Å². The number of rotatable bonds is 5. The summed E-state index contributed by atoms with van der Waals surface area (Å²) in [6.07, 6.45) is 5.16. The molecule has 0 unspecified atom stereocenters. The molecule has 2 amide bonds. The minimum Gasteiger partial charge on any atom is -0.340 e. The van der Waals surface area contributed by atoms with Crippen molar-refractivity contribution in [2.75, 3.05) is 16.0 Å². The molecule has 4 aromatic rings. The predicted molar refractivity (Wildman–Crippen MR) is 117 cm³/mol. The zero-order chi connectivity index (χ0) is 21.8. The van der Waals surface area contributed by atoms with Gasteiger partial charge < -0.3 is 16.0 Å². The molecule has 2 heterocycles. The normalized spacial score (nSPS) is 10.5. The number of nitrogens with zero attached hydrogens (tertiary/aromatic N) is 4. The van der Waals surface area contributed by atoms with Crippen molar-refractivity contribution in [2.24, 2.45) is 0 Å². The summed E-state index contributed by atoms with van der Waals surface area (Å²) in [5, 5.41) is 8.55. The minimum atomic E-state index is -0.458. The third-order valence-electron chi connectivity index (χ3n) is 4.44. The van der Waals surface area contributed by atoms with Crippen LogP contribution in [0.5, 0.6) is 0 Å². The number of hydrogen-bond acceptors (Lipinski definition) is 5. The van der Waals surface area contributed by atoms with E-state index in [1.54, 1.807) is 48.3 Å². The van der Waals surface area contributed by atoms with Crippen LogP contribution in [0.3, 0.4) is 0 Å². The molecule has 4 rings (SSSR count). The molecule has 0 aliphatic heterocycles. The van der Waals surface area contributed by atoms with Gasteiger partial charge in [-0.05, 0) is 55.8 Å². The lowest BCUT2D eigenvalue weighted by Crippen LogP contribution is -2.19. The molecule has 31 heavy (non-hydrogen) atoms. The Balaban J connectivity index is 1.40. The van der Waals surface area contributed by atoms with Crippen molar-refractivity contribution in [3.8, 4) is 5.82 Å². The number of anilines is 4. The van der Waals surface area contributed by atoms with E-state index >= 15 is 0 Å². The fraction of sp³-hybridized carbons (Fsp3) is 0.0909. The van der Waals surface area contributed by atoms with Crippen molar-refractivity contribution in [3.05, 3.63) is 84.5 Å². The molecule has 2 aromatic carbocycles. The molecule has 0 aliphatic carbocycles. The molecule has 0 spiro atoms. The van der Waals surface area contributed by atoms with Crippen LogP contribution in [0.2, 0.25) is 0 Å². The SMILES string of the molecule is Cc1nc(Nc2ccc(NC(=O)Nc3ccc(C)c(F)c3)cc2)cc(-n2ccnc2)n1. The fourth-order valence-electron chi connectivity index (χ4n) is 2.89. The maximum Gasteiger partial charge on any atom is 0.323 e.